The van der Waals surface area contributed by atoms with Crippen LogP contribution in [0.4, 0.5) is 0 Å². The Morgan fingerprint density at radius 2 is 2.27 bits per heavy atom. The minimum atomic E-state index is -1.25. The largest absolute Gasteiger partial charge is 0.457 e. The van der Waals surface area contributed by atoms with Crippen LogP contribution in [0.25, 0.3) is 0 Å². The van der Waals surface area contributed by atoms with E-state index in [1.807, 2.05) is 0 Å². The van der Waals surface area contributed by atoms with E-state index in [1.54, 1.807) is 13.8 Å². The molecule has 1 heterocycles. The maximum Gasteiger partial charge on any atom is 0.305 e. The number of aliphatic hydroxyl groups excluding tert-OH is 1. The molecule has 0 aromatic heterocycles. The summed E-state index contributed by atoms with van der Waals surface area (Å²) in [6.07, 6.45) is -1.96. The summed E-state index contributed by atoms with van der Waals surface area (Å²) in [6.45, 7) is 4.87. The van der Waals surface area contributed by atoms with Gasteiger partial charge in [0.15, 0.2) is 12.4 Å². The van der Waals surface area contributed by atoms with E-state index in [0.29, 0.717) is 0 Å². The summed E-state index contributed by atoms with van der Waals surface area (Å²) in [5.74, 6) is -0.382. The predicted molar refractivity (Wildman–Crippen MR) is 52.0 cm³/mol. The normalized spacial score (nSPS) is 41.3. The highest BCUT2D eigenvalue weighted by atomic mass is 16.6. The molecule has 1 saturated heterocycles. The molecule has 0 saturated carbocycles. The minimum absolute atomic E-state index is 0.0407. The van der Waals surface area contributed by atoms with E-state index in [0.717, 1.165) is 0 Å². The van der Waals surface area contributed by atoms with E-state index in [2.05, 4.69) is 0 Å². The van der Waals surface area contributed by atoms with Crippen molar-refractivity contribution in [2.45, 2.75) is 57.7 Å². The Balaban J connectivity index is 2.71. The Kier molecular flexibility index (Phi) is 3.70. The fraction of sp³-hybridized carbons (Fsp3) is 0.900. The molecule has 0 bridgehead atoms. The van der Waals surface area contributed by atoms with Gasteiger partial charge in [-0.3, -0.25) is 4.79 Å². The van der Waals surface area contributed by atoms with Crippen LogP contribution in [0.5, 0.6) is 0 Å². The van der Waals surface area contributed by atoms with Crippen molar-refractivity contribution in [3.05, 3.63) is 0 Å². The maximum atomic E-state index is 11.1. The minimum Gasteiger partial charge on any atom is -0.457 e. The molecule has 0 amide bonds. The van der Waals surface area contributed by atoms with Gasteiger partial charge in [0.25, 0.3) is 0 Å². The molecule has 0 aromatic rings. The third-order valence-corrected chi connectivity index (χ3v) is 2.55. The van der Waals surface area contributed by atoms with Crippen molar-refractivity contribution in [1.82, 2.24) is 0 Å². The van der Waals surface area contributed by atoms with Crippen LogP contribution in [0.3, 0.4) is 0 Å². The third-order valence-electron chi connectivity index (χ3n) is 2.55. The molecule has 88 valence electrons. The summed E-state index contributed by atoms with van der Waals surface area (Å²) < 4.78 is 10.2. The van der Waals surface area contributed by atoms with Crippen LogP contribution in [-0.2, 0) is 14.3 Å². The highest BCUT2D eigenvalue weighted by molar-refractivity contribution is 5.69. The Labute approximate surface area is 89.0 Å². The average molecular weight is 218 g/mol. The Bertz CT molecular complexity index is 238. The van der Waals surface area contributed by atoms with Crippen molar-refractivity contribution in [1.29, 1.82) is 0 Å². The SMILES string of the molecule is CCC(=O)OC1C(C)OC(O)CC1(C)O. The smallest absolute Gasteiger partial charge is 0.305 e. The molecule has 0 aliphatic carbocycles. The van der Waals surface area contributed by atoms with Crippen LogP contribution in [0.15, 0.2) is 0 Å². The fourth-order valence-corrected chi connectivity index (χ4v) is 1.79. The standard InChI is InChI=1S/C10H18O5/c1-4-7(11)15-9-6(2)14-8(12)5-10(9,3)13/h6,8-9,12-13H,4-5H2,1-3H3. The van der Waals surface area contributed by atoms with Crippen molar-refractivity contribution in [2.75, 3.05) is 0 Å². The molecular weight excluding hydrogens is 200 g/mol. The number of ether oxygens (including phenoxy) is 2. The van der Waals surface area contributed by atoms with Gasteiger partial charge >= 0.3 is 5.97 Å². The molecule has 0 radical (unpaired) electrons. The fourth-order valence-electron chi connectivity index (χ4n) is 1.79. The first-order chi connectivity index (χ1) is 6.86. The van der Waals surface area contributed by atoms with Gasteiger partial charge in [0.05, 0.1) is 6.10 Å². The van der Waals surface area contributed by atoms with Crippen molar-refractivity contribution < 1.29 is 24.5 Å². The van der Waals surface area contributed by atoms with E-state index < -0.39 is 24.1 Å². The van der Waals surface area contributed by atoms with Gasteiger partial charge in [-0.15, -0.1) is 0 Å². The summed E-state index contributed by atoms with van der Waals surface area (Å²) in [5.41, 5.74) is -1.25. The maximum absolute atomic E-state index is 11.1. The lowest BCUT2D eigenvalue weighted by Crippen LogP contribution is -2.56. The molecule has 4 unspecified atom stereocenters. The van der Waals surface area contributed by atoms with E-state index in [1.165, 1.54) is 6.92 Å². The molecule has 1 rings (SSSR count). The van der Waals surface area contributed by atoms with Crippen LogP contribution in [0, 0.1) is 0 Å². The van der Waals surface area contributed by atoms with Gasteiger partial charge in [0.1, 0.15) is 5.60 Å². The van der Waals surface area contributed by atoms with Gasteiger partial charge < -0.3 is 19.7 Å². The quantitative estimate of drug-likeness (QED) is 0.647. The molecule has 5 nitrogen and oxygen atoms in total. The number of carbonyl (C=O) groups is 1. The summed E-state index contributed by atoms with van der Waals surface area (Å²) in [5, 5.41) is 19.3. The van der Waals surface area contributed by atoms with E-state index in [9.17, 15) is 15.0 Å². The second-order valence-corrected chi connectivity index (χ2v) is 4.12. The van der Waals surface area contributed by atoms with Crippen molar-refractivity contribution >= 4 is 5.97 Å². The van der Waals surface area contributed by atoms with Gasteiger partial charge in [0, 0.05) is 12.8 Å². The summed E-state index contributed by atoms with van der Waals surface area (Å²) in [7, 11) is 0. The van der Waals surface area contributed by atoms with Gasteiger partial charge in [-0.05, 0) is 13.8 Å². The number of aliphatic hydroxyl groups is 2. The first kappa shape index (κ1) is 12.4. The van der Waals surface area contributed by atoms with Gasteiger partial charge in [-0.1, -0.05) is 6.92 Å². The lowest BCUT2D eigenvalue weighted by Gasteiger charge is -2.42. The molecule has 1 aliphatic heterocycles. The molecule has 1 aliphatic rings. The molecule has 2 N–H and O–H groups in total. The highest BCUT2D eigenvalue weighted by Gasteiger charge is 2.45. The second-order valence-electron chi connectivity index (χ2n) is 4.12. The van der Waals surface area contributed by atoms with Gasteiger partial charge in [0.2, 0.25) is 0 Å². The predicted octanol–water partition coefficient (Wildman–Crippen LogP) is 0.186. The van der Waals surface area contributed by atoms with Crippen LogP contribution >= 0.6 is 0 Å². The monoisotopic (exact) mass is 218 g/mol. The Hall–Kier alpha value is -0.650. The van der Waals surface area contributed by atoms with E-state index in [4.69, 9.17) is 9.47 Å². The zero-order chi connectivity index (χ0) is 11.6. The zero-order valence-corrected chi connectivity index (χ0v) is 9.27. The first-order valence-corrected chi connectivity index (χ1v) is 5.12. The average Bonchev–Trinajstić information content (AvgIpc) is 2.09. The molecule has 1 fully saturated rings. The third kappa shape index (κ3) is 2.90. The Morgan fingerprint density at radius 3 is 2.73 bits per heavy atom. The lowest BCUT2D eigenvalue weighted by atomic mass is 9.89. The molecule has 5 heteroatoms. The van der Waals surface area contributed by atoms with Crippen LogP contribution in [0.2, 0.25) is 0 Å². The lowest BCUT2D eigenvalue weighted by molar-refractivity contribution is -0.263. The van der Waals surface area contributed by atoms with Crippen molar-refractivity contribution in [2.24, 2.45) is 0 Å². The molecule has 15 heavy (non-hydrogen) atoms. The van der Waals surface area contributed by atoms with Crippen LogP contribution in [0.1, 0.15) is 33.6 Å². The summed E-state index contributed by atoms with van der Waals surface area (Å²) in [6, 6.07) is 0. The summed E-state index contributed by atoms with van der Waals surface area (Å²) >= 11 is 0. The van der Waals surface area contributed by atoms with Gasteiger partial charge in [-0.2, -0.15) is 0 Å². The zero-order valence-electron chi connectivity index (χ0n) is 9.27. The highest BCUT2D eigenvalue weighted by Crippen LogP contribution is 2.30. The molecule has 0 spiro atoms. The second kappa shape index (κ2) is 4.47. The van der Waals surface area contributed by atoms with Crippen molar-refractivity contribution in [3.63, 3.8) is 0 Å². The van der Waals surface area contributed by atoms with Gasteiger partial charge in [-0.25, -0.2) is 0 Å². The number of hydrogen-bond acceptors (Lipinski definition) is 5. The molecule has 0 aromatic carbocycles. The van der Waals surface area contributed by atoms with Crippen LogP contribution < -0.4 is 0 Å². The molecular formula is C10H18O5. The number of hydrogen-bond donors (Lipinski definition) is 2. The first-order valence-electron chi connectivity index (χ1n) is 5.12. The topological polar surface area (TPSA) is 76.0 Å². The number of rotatable bonds is 2. The molecule has 4 atom stereocenters. The van der Waals surface area contributed by atoms with Crippen LogP contribution in [-0.4, -0.2) is 40.3 Å². The van der Waals surface area contributed by atoms with Crippen molar-refractivity contribution in [3.8, 4) is 0 Å². The Morgan fingerprint density at radius 1 is 1.67 bits per heavy atom. The summed E-state index contributed by atoms with van der Waals surface area (Å²) in [4.78, 5) is 11.1. The number of carbonyl (C=O) groups excluding carboxylic acids is 1. The van der Waals surface area contributed by atoms with E-state index in [-0.39, 0.29) is 18.8 Å². The number of esters is 1. The van der Waals surface area contributed by atoms with E-state index >= 15 is 0 Å².